The van der Waals surface area contributed by atoms with E-state index in [9.17, 15) is 5.11 Å². The Bertz CT molecular complexity index is 114. The summed E-state index contributed by atoms with van der Waals surface area (Å²) in [6, 6.07) is 0. The Labute approximate surface area is 83.5 Å². The molecule has 0 rings (SSSR count). The Morgan fingerprint density at radius 3 is 1.69 bits per heavy atom. The number of hydrogen-bond acceptors (Lipinski definition) is 1. The number of rotatable bonds is 7. The van der Waals surface area contributed by atoms with Crippen LogP contribution >= 0.6 is 0 Å². The zero-order valence-electron chi connectivity index (χ0n) is 9.77. The van der Waals surface area contributed by atoms with Crippen LogP contribution in [0.15, 0.2) is 0 Å². The maximum absolute atomic E-state index is 10.0. The van der Waals surface area contributed by atoms with E-state index in [0.29, 0.717) is 0 Å². The van der Waals surface area contributed by atoms with Gasteiger partial charge in [-0.1, -0.05) is 40.5 Å². The smallest absolute Gasteiger partial charge is 0.0593 e. The fourth-order valence-corrected chi connectivity index (χ4v) is 2.48. The molecule has 0 saturated heterocycles. The van der Waals surface area contributed by atoms with Crippen LogP contribution in [-0.4, -0.2) is 11.2 Å². The number of hydrogen-bond donors (Lipinski definition) is 1. The van der Waals surface area contributed by atoms with E-state index >= 15 is 0 Å². The van der Waals surface area contributed by atoms with Crippen molar-refractivity contribution in [2.24, 2.45) is 5.41 Å². The molecule has 0 radical (unpaired) electrons. The van der Waals surface area contributed by atoms with E-state index in [1.54, 1.807) is 0 Å². The van der Waals surface area contributed by atoms with E-state index < -0.39 is 0 Å². The lowest BCUT2D eigenvalue weighted by Crippen LogP contribution is -2.34. The standard InChI is InChI=1S/C12H26O/c1-5-9-12(8-4,10-6-2)11(13)7-3/h11,13H,5-10H2,1-4H3. The zero-order chi connectivity index (χ0) is 10.3. The summed E-state index contributed by atoms with van der Waals surface area (Å²) in [5, 5.41) is 10.0. The summed E-state index contributed by atoms with van der Waals surface area (Å²) in [6.45, 7) is 8.72. The summed E-state index contributed by atoms with van der Waals surface area (Å²) in [4.78, 5) is 0. The van der Waals surface area contributed by atoms with Gasteiger partial charge in [-0.2, -0.15) is 0 Å². The van der Waals surface area contributed by atoms with Gasteiger partial charge in [-0.15, -0.1) is 0 Å². The highest BCUT2D eigenvalue weighted by atomic mass is 16.3. The lowest BCUT2D eigenvalue weighted by atomic mass is 9.71. The van der Waals surface area contributed by atoms with Gasteiger partial charge in [-0.3, -0.25) is 0 Å². The molecular formula is C12H26O. The molecule has 0 aliphatic rings. The molecule has 1 atom stereocenters. The highest BCUT2D eigenvalue weighted by Crippen LogP contribution is 2.38. The summed E-state index contributed by atoms with van der Waals surface area (Å²) in [7, 11) is 0. The van der Waals surface area contributed by atoms with Crippen LogP contribution in [0, 0.1) is 5.41 Å². The maximum atomic E-state index is 10.0. The van der Waals surface area contributed by atoms with Crippen LogP contribution in [0.1, 0.15) is 66.2 Å². The second-order valence-electron chi connectivity index (χ2n) is 4.14. The molecule has 1 heteroatoms. The van der Waals surface area contributed by atoms with E-state index in [-0.39, 0.29) is 11.5 Å². The molecule has 13 heavy (non-hydrogen) atoms. The predicted molar refractivity (Wildman–Crippen MR) is 58.8 cm³/mol. The molecule has 0 heterocycles. The molecule has 80 valence electrons. The predicted octanol–water partition coefficient (Wildman–Crippen LogP) is 3.75. The van der Waals surface area contributed by atoms with Gasteiger partial charge in [0.15, 0.2) is 0 Å². The first-order valence-corrected chi connectivity index (χ1v) is 5.84. The molecule has 0 bridgehead atoms. The summed E-state index contributed by atoms with van der Waals surface area (Å²) in [5.41, 5.74) is 0.207. The van der Waals surface area contributed by atoms with Crippen molar-refractivity contribution in [2.45, 2.75) is 72.3 Å². The van der Waals surface area contributed by atoms with Crippen molar-refractivity contribution in [2.75, 3.05) is 0 Å². The fourth-order valence-electron chi connectivity index (χ4n) is 2.48. The summed E-state index contributed by atoms with van der Waals surface area (Å²) in [5.74, 6) is 0. The first kappa shape index (κ1) is 13.0. The highest BCUT2D eigenvalue weighted by Gasteiger charge is 2.32. The molecule has 0 aromatic rings. The average molecular weight is 186 g/mol. The van der Waals surface area contributed by atoms with Crippen molar-refractivity contribution in [3.8, 4) is 0 Å². The third-order valence-electron chi connectivity index (χ3n) is 3.29. The van der Waals surface area contributed by atoms with Crippen molar-refractivity contribution in [1.29, 1.82) is 0 Å². The number of aliphatic hydroxyl groups is 1. The first-order valence-electron chi connectivity index (χ1n) is 5.84. The topological polar surface area (TPSA) is 20.2 Å². The van der Waals surface area contributed by atoms with Gasteiger partial charge in [0.25, 0.3) is 0 Å². The average Bonchev–Trinajstić information content (AvgIpc) is 2.16. The molecule has 0 aromatic heterocycles. The molecule has 0 aliphatic carbocycles. The minimum atomic E-state index is -0.0996. The molecule has 0 aliphatic heterocycles. The van der Waals surface area contributed by atoms with Crippen LogP contribution in [0.25, 0.3) is 0 Å². The molecule has 0 amide bonds. The Balaban J connectivity index is 4.42. The van der Waals surface area contributed by atoms with Crippen molar-refractivity contribution < 1.29 is 5.11 Å². The van der Waals surface area contributed by atoms with Crippen molar-refractivity contribution >= 4 is 0 Å². The van der Waals surface area contributed by atoms with Crippen LogP contribution in [0.5, 0.6) is 0 Å². The lowest BCUT2D eigenvalue weighted by molar-refractivity contribution is 0.00361. The Hall–Kier alpha value is -0.0400. The first-order chi connectivity index (χ1) is 6.16. The Morgan fingerprint density at radius 1 is 1.00 bits per heavy atom. The molecule has 0 saturated carbocycles. The van der Waals surface area contributed by atoms with Gasteiger partial charge in [0.1, 0.15) is 0 Å². The second kappa shape index (κ2) is 6.42. The maximum Gasteiger partial charge on any atom is 0.0593 e. The largest absolute Gasteiger partial charge is 0.393 e. The zero-order valence-corrected chi connectivity index (χ0v) is 9.77. The third kappa shape index (κ3) is 3.30. The SMILES string of the molecule is CCCC(CC)(CCC)C(O)CC. The minimum Gasteiger partial charge on any atom is -0.393 e. The molecule has 1 unspecified atom stereocenters. The quantitative estimate of drug-likeness (QED) is 0.642. The summed E-state index contributed by atoms with van der Waals surface area (Å²) < 4.78 is 0. The Kier molecular flexibility index (Phi) is 6.40. The molecule has 0 fully saturated rings. The van der Waals surface area contributed by atoms with Gasteiger partial charge in [0.05, 0.1) is 6.10 Å². The van der Waals surface area contributed by atoms with Crippen molar-refractivity contribution in [1.82, 2.24) is 0 Å². The molecule has 1 nitrogen and oxygen atoms in total. The Morgan fingerprint density at radius 2 is 1.46 bits per heavy atom. The highest BCUT2D eigenvalue weighted by molar-refractivity contribution is 4.84. The number of aliphatic hydroxyl groups excluding tert-OH is 1. The molecular weight excluding hydrogens is 160 g/mol. The summed E-state index contributed by atoms with van der Waals surface area (Å²) in [6.07, 6.45) is 6.63. The summed E-state index contributed by atoms with van der Waals surface area (Å²) >= 11 is 0. The fraction of sp³-hybridized carbons (Fsp3) is 1.00. The minimum absolute atomic E-state index is 0.0996. The monoisotopic (exact) mass is 186 g/mol. The van der Waals surface area contributed by atoms with E-state index in [4.69, 9.17) is 0 Å². The van der Waals surface area contributed by atoms with E-state index in [2.05, 4.69) is 27.7 Å². The normalized spacial score (nSPS) is 14.5. The van der Waals surface area contributed by atoms with Crippen molar-refractivity contribution in [3.63, 3.8) is 0 Å². The second-order valence-corrected chi connectivity index (χ2v) is 4.14. The van der Waals surface area contributed by atoms with Gasteiger partial charge < -0.3 is 5.11 Å². The van der Waals surface area contributed by atoms with Crippen molar-refractivity contribution in [3.05, 3.63) is 0 Å². The van der Waals surface area contributed by atoms with Gasteiger partial charge >= 0.3 is 0 Å². The van der Waals surface area contributed by atoms with Gasteiger partial charge in [-0.05, 0) is 31.1 Å². The van der Waals surface area contributed by atoms with Crippen LogP contribution in [0.2, 0.25) is 0 Å². The molecule has 1 N–H and O–H groups in total. The molecule has 0 spiro atoms. The third-order valence-corrected chi connectivity index (χ3v) is 3.29. The van der Waals surface area contributed by atoms with Gasteiger partial charge in [-0.25, -0.2) is 0 Å². The molecule has 0 aromatic carbocycles. The van der Waals surface area contributed by atoms with Crippen LogP contribution < -0.4 is 0 Å². The van der Waals surface area contributed by atoms with Gasteiger partial charge in [0, 0.05) is 0 Å². The van der Waals surface area contributed by atoms with Crippen LogP contribution in [0.4, 0.5) is 0 Å². The van der Waals surface area contributed by atoms with Crippen LogP contribution in [0.3, 0.4) is 0 Å². The lowest BCUT2D eigenvalue weighted by Gasteiger charge is -2.37. The van der Waals surface area contributed by atoms with E-state index in [1.165, 1.54) is 25.7 Å². The van der Waals surface area contributed by atoms with E-state index in [1.807, 2.05) is 0 Å². The van der Waals surface area contributed by atoms with Gasteiger partial charge in [0.2, 0.25) is 0 Å². The van der Waals surface area contributed by atoms with E-state index in [0.717, 1.165) is 12.8 Å². The van der Waals surface area contributed by atoms with Crippen LogP contribution in [-0.2, 0) is 0 Å².